The number of ether oxygens (including phenoxy) is 2. The Kier molecular flexibility index (Phi) is 5.40. The van der Waals surface area contributed by atoms with Crippen LogP contribution >= 0.6 is 0 Å². The summed E-state index contributed by atoms with van der Waals surface area (Å²) >= 11 is 0. The van der Waals surface area contributed by atoms with Crippen LogP contribution in [0.1, 0.15) is 37.7 Å². The highest BCUT2D eigenvalue weighted by Gasteiger charge is 2.32. The number of pyridine rings is 1. The topological polar surface area (TPSA) is 51.7 Å². The molecule has 0 spiro atoms. The lowest BCUT2D eigenvalue weighted by Crippen LogP contribution is -2.36. The number of carbonyl (C=O) groups is 1. The molecule has 0 bridgehead atoms. The van der Waals surface area contributed by atoms with Gasteiger partial charge in [-0.25, -0.2) is 0 Å². The predicted molar refractivity (Wildman–Crippen MR) is 82.2 cm³/mol. The summed E-state index contributed by atoms with van der Waals surface area (Å²) in [6.07, 6.45) is 9.28. The molecule has 1 amide bonds. The third-order valence-corrected chi connectivity index (χ3v) is 4.19. The fourth-order valence-corrected chi connectivity index (χ4v) is 2.79. The Balaban J connectivity index is 1.45. The van der Waals surface area contributed by atoms with Crippen molar-refractivity contribution in [3.63, 3.8) is 0 Å². The minimum absolute atomic E-state index is 0.0714. The Hall–Kier alpha value is -1.46. The number of hydrogen-bond donors (Lipinski definition) is 0. The lowest BCUT2D eigenvalue weighted by Gasteiger charge is -2.24. The van der Waals surface area contributed by atoms with Crippen molar-refractivity contribution < 1.29 is 14.3 Å². The van der Waals surface area contributed by atoms with E-state index in [4.69, 9.17) is 9.47 Å². The first-order valence-electron chi connectivity index (χ1n) is 8.20. The molecule has 0 radical (unpaired) electrons. The lowest BCUT2D eigenvalue weighted by atomic mass is 10.1. The first kappa shape index (κ1) is 15.4. The van der Waals surface area contributed by atoms with Gasteiger partial charge in [-0.15, -0.1) is 0 Å². The van der Waals surface area contributed by atoms with Gasteiger partial charge in [-0.3, -0.25) is 9.78 Å². The molecular formula is C17H24N2O3. The number of amides is 1. The summed E-state index contributed by atoms with van der Waals surface area (Å²) in [5, 5.41) is 0. The van der Waals surface area contributed by atoms with Crippen LogP contribution in [0.4, 0.5) is 0 Å². The number of rotatable bonds is 7. The average molecular weight is 304 g/mol. The summed E-state index contributed by atoms with van der Waals surface area (Å²) in [7, 11) is 0. The average Bonchev–Trinajstić information content (AvgIpc) is 3.39. The number of hydrogen-bond acceptors (Lipinski definition) is 4. The van der Waals surface area contributed by atoms with Crippen molar-refractivity contribution in [1.82, 2.24) is 9.88 Å². The molecule has 120 valence electrons. The Morgan fingerprint density at radius 1 is 1.36 bits per heavy atom. The first-order valence-corrected chi connectivity index (χ1v) is 8.20. The van der Waals surface area contributed by atoms with Crippen molar-refractivity contribution in [3.05, 3.63) is 30.1 Å². The van der Waals surface area contributed by atoms with Crippen molar-refractivity contribution in [2.45, 2.75) is 50.8 Å². The minimum atomic E-state index is 0.0714. The summed E-state index contributed by atoms with van der Waals surface area (Å²) < 4.78 is 11.2. The van der Waals surface area contributed by atoms with Gasteiger partial charge < -0.3 is 14.4 Å². The number of aromatic nitrogens is 1. The molecule has 1 aromatic heterocycles. The van der Waals surface area contributed by atoms with Crippen LogP contribution < -0.4 is 0 Å². The van der Waals surface area contributed by atoms with Gasteiger partial charge in [0.05, 0.1) is 12.7 Å². The fraction of sp³-hybridized carbons (Fsp3) is 0.647. The Morgan fingerprint density at radius 3 is 2.95 bits per heavy atom. The molecule has 1 aliphatic heterocycles. The van der Waals surface area contributed by atoms with Crippen molar-refractivity contribution in [1.29, 1.82) is 0 Å². The predicted octanol–water partition coefficient (Wildman–Crippen LogP) is 2.16. The highest BCUT2D eigenvalue weighted by molar-refractivity contribution is 5.78. The van der Waals surface area contributed by atoms with E-state index in [1.165, 1.54) is 6.42 Å². The molecule has 3 rings (SSSR count). The van der Waals surface area contributed by atoms with Gasteiger partial charge in [0.25, 0.3) is 0 Å². The second kappa shape index (κ2) is 7.70. The summed E-state index contributed by atoms with van der Waals surface area (Å²) in [5.41, 5.74) is 1.07. The molecule has 1 aliphatic carbocycles. The van der Waals surface area contributed by atoms with E-state index < -0.39 is 0 Å². The molecule has 5 nitrogen and oxygen atoms in total. The molecule has 1 saturated carbocycles. The molecular weight excluding hydrogens is 280 g/mol. The maximum atomic E-state index is 12.4. The van der Waals surface area contributed by atoms with Crippen LogP contribution in [0.3, 0.4) is 0 Å². The van der Waals surface area contributed by atoms with Crippen LogP contribution in [0, 0.1) is 0 Å². The van der Waals surface area contributed by atoms with Gasteiger partial charge in [0.2, 0.25) is 5.91 Å². The fourth-order valence-electron chi connectivity index (χ4n) is 2.79. The van der Waals surface area contributed by atoms with Gasteiger partial charge in [-0.2, -0.15) is 0 Å². The molecule has 1 aromatic rings. The van der Waals surface area contributed by atoms with E-state index in [-0.39, 0.29) is 18.6 Å². The van der Waals surface area contributed by atoms with Gasteiger partial charge >= 0.3 is 0 Å². The molecule has 5 heteroatoms. The van der Waals surface area contributed by atoms with E-state index in [9.17, 15) is 4.79 Å². The quantitative estimate of drug-likeness (QED) is 0.774. The zero-order chi connectivity index (χ0) is 15.2. The van der Waals surface area contributed by atoms with Crippen molar-refractivity contribution in [2.75, 3.05) is 19.8 Å². The van der Waals surface area contributed by atoms with E-state index in [1.807, 2.05) is 23.2 Å². The van der Waals surface area contributed by atoms with Gasteiger partial charge in [0.1, 0.15) is 6.61 Å². The zero-order valence-electron chi connectivity index (χ0n) is 12.9. The molecule has 2 fully saturated rings. The molecule has 22 heavy (non-hydrogen) atoms. The second-order valence-corrected chi connectivity index (χ2v) is 6.12. The monoisotopic (exact) mass is 304 g/mol. The van der Waals surface area contributed by atoms with E-state index in [1.54, 1.807) is 6.20 Å². The maximum Gasteiger partial charge on any atom is 0.249 e. The van der Waals surface area contributed by atoms with Crippen LogP contribution in [0.15, 0.2) is 24.5 Å². The lowest BCUT2D eigenvalue weighted by molar-refractivity contribution is -0.139. The minimum Gasteiger partial charge on any atom is -0.376 e. The summed E-state index contributed by atoms with van der Waals surface area (Å²) in [4.78, 5) is 18.5. The zero-order valence-corrected chi connectivity index (χ0v) is 12.9. The van der Waals surface area contributed by atoms with Crippen molar-refractivity contribution >= 4 is 5.91 Å². The van der Waals surface area contributed by atoms with Crippen LogP contribution in [-0.2, 0) is 20.8 Å². The second-order valence-electron chi connectivity index (χ2n) is 6.12. The maximum absolute atomic E-state index is 12.4. The van der Waals surface area contributed by atoms with E-state index >= 15 is 0 Å². The van der Waals surface area contributed by atoms with E-state index in [0.717, 1.165) is 37.9 Å². The Morgan fingerprint density at radius 2 is 2.27 bits per heavy atom. The van der Waals surface area contributed by atoms with E-state index in [2.05, 4.69) is 4.98 Å². The van der Waals surface area contributed by atoms with Crippen molar-refractivity contribution in [2.24, 2.45) is 0 Å². The Labute approximate surface area is 131 Å². The molecule has 2 aliphatic rings. The molecule has 2 heterocycles. The van der Waals surface area contributed by atoms with Crippen LogP contribution in [0.2, 0.25) is 0 Å². The molecule has 0 N–H and O–H groups in total. The molecule has 0 aromatic carbocycles. The largest absolute Gasteiger partial charge is 0.376 e. The molecule has 1 atom stereocenters. The van der Waals surface area contributed by atoms with Gasteiger partial charge in [0, 0.05) is 31.6 Å². The number of nitrogens with zero attached hydrogens (tertiary/aromatic N) is 2. The van der Waals surface area contributed by atoms with E-state index in [0.29, 0.717) is 19.2 Å². The Bertz CT molecular complexity index is 470. The summed E-state index contributed by atoms with van der Waals surface area (Å²) in [6, 6.07) is 4.29. The third-order valence-electron chi connectivity index (χ3n) is 4.19. The third kappa shape index (κ3) is 4.52. The summed E-state index contributed by atoms with van der Waals surface area (Å²) in [6.45, 7) is 2.12. The highest BCUT2D eigenvalue weighted by atomic mass is 16.5. The van der Waals surface area contributed by atoms with Crippen molar-refractivity contribution in [3.8, 4) is 0 Å². The normalized spacial score (nSPS) is 21.5. The van der Waals surface area contributed by atoms with Gasteiger partial charge in [-0.1, -0.05) is 6.07 Å². The standard InChI is InChI=1S/C17H24N2O3/c20-17(13-21-12-16-5-1-2-9-22-16)19(15-6-7-15)11-14-4-3-8-18-10-14/h3-4,8,10,15-16H,1-2,5-7,9,11-13H2. The SMILES string of the molecule is O=C(COCC1CCCCO1)N(Cc1cccnc1)C1CC1. The van der Waals surface area contributed by atoms with Crippen LogP contribution in [-0.4, -0.2) is 47.8 Å². The number of carbonyl (C=O) groups excluding carboxylic acids is 1. The van der Waals surface area contributed by atoms with Crippen LogP contribution in [0.5, 0.6) is 0 Å². The molecule has 1 saturated heterocycles. The van der Waals surface area contributed by atoms with Gasteiger partial charge in [0.15, 0.2) is 0 Å². The first-order chi connectivity index (χ1) is 10.8. The molecule has 1 unspecified atom stereocenters. The smallest absolute Gasteiger partial charge is 0.249 e. The van der Waals surface area contributed by atoms with Gasteiger partial charge in [-0.05, 0) is 43.7 Å². The van der Waals surface area contributed by atoms with Crippen LogP contribution in [0.25, 0.3) is 0 Å². The highest BCUT2D eigenvalue weighted by Crippen LogP contribution is 2.28. The summed E-state index contributed by atoms with van der Waals surface area (Å²) in [5.74, 6) is 0.0714.